The van der Waals surface area contributed by atoms with E-state index in [4.69, 9.17) is 4.18 Å². The van der Waals surface area contributed by atoms with Crippen LogP contribution in [0.15, 0.2) is 23.8 Å². The maximum Gasteiger partial charge on any atom is 0.0812 e. The highest BCUT2D eigenvalue weighted by Gasteiger charge is 2.26. The fourth-order valence-electron chi connectivity index (χ4n) is 1.50. The molecule has 3 atom stereocenters. The van der Waals surface area contributed by atoms with Crippen molar-refractivity contribution < 1.29 is 9.29 Å². The molecule has 0 spiro atoms. The Morgan fingerprint density at radius 2 is 2.46 bits per heavy atom. The van der Waals surface area contributed by atoms with Crippen LogP contribution in [0.3, 0.4) is 0 Å². The van der Waals surface area contributed by atoms with Gasteiger partial charge in [0.2, 0.25) is 0 Å². The van der Waals surface area contributed by atoms with E-state index in [0.717, 1.165) is 23.7 Å². The second-order valence-electron chi connectivity index (χ2n) is 3.17. The van der Waals surface area contributed by atoms with Crippen LogP contribution in [0, 0.1) is 0 Å². The van der Waals surface area contributed by atoms with Crippen molar-refractivity contribution in [1.29, 1.82) is 0 Å². The largest absolute Gasteiger partial charge is 0.388 e. The lowest BCUT2D eigenvalue weighted by Crippen LogP contribution is -2.27. The van der Waals surface area contributed by atoms with Crippen LogP contribution in [0.4, 0.5) is 0 Å². The Bertz CT molecular complexity index is 228. The van der Waals surface area contributed by atoms with Gasteiger partial charge in [-0.1, -0.05) is 12.7 Å². The van der Waals surface area contributed by atoms with E-state index in [1.165, 1.54) is 0 Å². The summed E-state index contributed by atoms with van der Waals surface area (Å²) < 4.78 is 4.93. The van der Waals surface area contributed by atoms with Gasteiger partial charge in [0.15, 0.2) is 0 Å². The predicted molar refractivity (Wildman–Crippen MR) is 60.9 cm³/mol. The molecular weight excluding hydrogens is 203 g/mol. The number of thiol groups is 1. The molecule has 1 N–H and O–H groups in total. The topological polar surface area (TPSA) is 29.5 Å². The Hall–Kier alpha value is 0.180. The van der Waals surface area contributed by atoms with Gasteiger partial charge in [0.1, 0.15) is 0 Å². The smallest absolute Gasteiger partial charge is 0.0812 e. The van der Waals surface area contributed by atoms with Crippen molar-refractivity contribution >= 4 is 22.1 Å². The van der Waals surface area contributed by atoms with Crippen LogP contribution in [-0.4, -0.2) is 23.5 Å². The summed E-state index contributed by atoms with van der Waals surface area (Å²) in [6.07, 6.45) is 3.85. The molecule has 13 heavy (non-hydrogen) atoms. The molecule has 1 rings (SSSR count). The Morgan fingerprint density at radius 1 is 1.77 bits per heavy atom. The standard InChI is InChI=1S/C9H15O2PS/c1-6-7(2-3-12)4-8(11-13)5-9(6)10/h2,8-10,13H,1,3-5,12H2/b7-2-/t8-,9+/m1/s1. The molecule has 0 saturated heterocycles. The second kappa shape index (κ2) is 5.16. The average Bonchev–Trinajstić information content (AvgIpc) is 2.13. The molecule has 74 valence electrons. The fourth-order valence-corrected chi connectivity index (χ4v) is 1.95. The first-order chi connectivity index (χ1) is 6.19. The lowest BCUT2D eigenvalue weighted by atomic mass is 9.86. The SMILES string of the molecule is C=C1/C(=C\CP)C[C@@H](OS)C[C@@H]1O. The molecule has 0 radical (unpaired) electrons. The molecule has 2 nitrogen and oxygen atoms in total. The number of hydrogen-bond donors (Lipinski definition) is 2. The molecule has 1 aliphatic rings. The van der Waals surface area contributed by atoms with Crippen LogP contribution in [-0.2, 0) is 4.18 Å². The Kier molecular flexibility index (Phi) is 4.47. The predicted octanol–water partition coefficient (Wildman–Crippen LogP) is 1.73. The van der Waals surface area contributed by atoms with Crippen molar-refractivity contribution in [1.82, 2.24) is 0 Å². The lowest BCUT2D eigenvalue weighted by Gasteiger charge is -2.28. The van der Waals surface area contributed by atoms with Gasteiger partial charge in [-0.25, -0.2) is 0 Å². The van der Waals surface area contributed by atoms with E-state index in [1.807, 2.05) is 0 Å². The van der Waals surface area contributed by atoms with E-state index >= 15 is 0 Å². The van der Waals surface area contributed by atoms with Crippen LogP contribution in [0.1, 0.15) is 12.8 Å². The quantitative estimate of drug-likeness (QED) is 0.420. The third kappa shape index (κ3) is 2.81. The molecule has 0 aliphatic heterocycles. The minimum absolute atomic E-state index is 0.00614. The van der Waals surface area contributed by atoms with Gasteiger partial charge in [-0.2, -0.15) is 0 Å². The summed E-state index contributed by atoms with van der Waals surface area (Å²) in [6.45, 7) is 3.86. The lowest BCUT2D eigenvalue weighted by molar-refractivity contribution is 0.118. The van der Waals surface area contributed by atoms with Crippen LogP contribution < -0.4 is 0 Å². The van der Waals surface area contributed by atoms with E-state index in [9.17, 15) is 5.11 Å². The van der Waals surface area contributed by atoms with Crippen LogP contribution in [0.25, 0.3) is 0 Å². The van der Waals surface area contributed by atoms with Crippen molar-refractivity contribution in [2.45, 2.75) is 25.0 Å². The van der Waals surface area contributed by atoms with E-state index in [1.54, 1.807) is 0 Å². The van der Waals surface area contributed by atoms with Crippen LogP contribution >= 0.6 is 22.1 Å². The summed E-state index contributed by atoms with van der Waals surface area (Å²) in [7, 11) is 2.62. The van der Waals surface area contributed by atoms with Crippen molar-refractivity contribution in [3.8, 4) is 0 Å². The van der Waals surface area contributed by atoms with Gasteiger partial charge < -0.3 is 9.29 Å². The molecule has 4 heteroatoms. The van der Waals surface area contributed by atoms with Gasteiger partial charge in [0.25, 0.3) is 0 Å². The van der Waals surface area contributed by atoms with Crippen molar-refractivity contribution in [2.75, 3.05) is 6.16 Å². The van der Waals surface area contributed by atoms with Crippen molar-refractivity contribution in [2.24, 2.45) is 0 Å². The van der Waals surface area contributed by atoms with Gasteiger partial charge in [-0.3, -0.25) is 0 Å². The van der Waals surface area contributed by atoms with Gasteiger partial charge in [-0.05, 0) is 30.2 Å². The van der Waals surface area contributed by atoms with Crippen molar-refractivity contribution in [3.05, 3.63) is 23.8 Å². The zero-order chi connectivity index (χ0) is 9.84. The summed E-state index contributed by atoms with van der Waals surface area (Å²) >= 11 is 3.77. The number of rotatable bonds is 2. The van der Waals surface area contributed by atoms with Gasteiger partial charge in [-0.15, -0.1) is 9.24 Å². The fraction of sp³-hybridized carbons (Fsp3) is 0.556. The molecule has 1 aliphatic carbocycles. The minimum atomic E-state index is -0.478. The molecule has 0 aromatic carbocycles. The molecule has 1 saturated carbocycles. The second-order valence-corrected chi connectivity index (χ2v) is 3.86. The maximum atomic E-state index is 9.62. The Labute approximate surface area is 86.9 Å². The van der Waals surface area contributed by atoms with E-state index in [0.29, 0.717) is 6.42 Å². The summed E-state index contributed by atoms with van der Waals surface area (Å²) in [5.41, 5.74) is 1.91. The molecular formula is C9H15O2PS. The third-order valence-electron chi connectivity index (χ3n) is 2.26. The molecule has 0 aromatic heterocycles. The minimum Gasteiger partial charge on any atom is -0.388 e. The van der Waals surface area contributed by atoms with Gasteiger partial charge in [0.05, 0.1) is 12.2 Å². The first-order valence-corrected chi connectivity index (χ1v) is 5.43. The molecule has 1 fully saturated rings. The number of aliphatic hydroxyl groups is 1. The van der Waals surface area contributed by atoms with E-state index in [2.05, 4.69) is 34.8 Å². The highest BCUT2D eigenvalue weighted by atomic mass is 32.1. The maximum absolute atomic E-state index is 9.62. The zero-order valence-corrected chi connectivity index (χ0v) is 9.49. The monoisotopic (exact) mass is 218 g/mol. The van der Waals surface area contributed by atoms with E-state index in [-0.39, 0.29) is 6.10 Å². The summed E-state index contributed by atoms with van der Waals surface area (Å²) in [5.74, 6) is 0. The summed E-state index contributed by atoms with van der Waals surface area (Å²) in [4.78, 5) is 0. The highest BCUT2D eigenvalue weighted by molar-refractivity contribution is 7.75. The van der Waals surface area contributed by atoms with Crippen molar-refractivity contribution in [3.63, 3.8) is 0 Å². The first-order valence-electron chi connectivity index (χ1n) is 4.25. The summed E-state index contributed by atoms with van der Waals surface area (Å²) in [6, 6.07) is 0. The molecule has 0 amide bonds. The molecule has 1 unspecified atom stereocenters. The van der Waals surface area contributed by atoms with Crippen LogP contribution in [0.2, 0.25) is 0 Å². The Morgan fingerprint density at radius 3 is 3.00 bits per heavy atom. The number of aliphatic hydroxyl groups excluding tert-OH is 1. The number of allylic oxidation sites excluding steroid dienone is 1. The van der Waals surface area contributed by atoms with Gasteiger partial charge in [0, 0.05) is 12.8 Å². The third-order valence-corrected chi connectivity index (χ3v) is 2.80. The molecule has 0 aromatic rings. The average molecular weight is 218 g/mol. The number of hydrogen-bond acceptors (Lipinski definition) is 3. The highest BCUT2D eigenvalue weighted by Crippen LogP contribution is 2.30. The van der Waals surface area contributed by atoms with E-state index < -0.39 is 6.10 Å². The molecule has 0 bridgehead atoms. The Balaban J connectivity index is 2.72. The normalized spacial score (nSPS) is 32.5. The zero-order valence-electron chi connectivity index (χ0n) is 7.44. The van der Waals surface area contributed by atoms with Gasteiger partial charge >= 0.3 is 0 Å². The first kappa shape index (κ1) is 11.3. The molecule has 0 heterocycles. The van der Waals surface area contributed by atoms with Crippen LogP contribution in [0.5, 0.6) is 0 Å². The summed E-state index contributed by atoms with van der Waals surface area (Å²) in [5, 5.41) is 9.62.